The zero-order valence-electron chi connectivity index (χ0n) is 15.2. The van der Waals surface area contributed by atoms with Gasteiger partial charge in [-0.1, -0.05) is 36.4 Å². The lowest BCUT2D eigenvalue weighted by Gasteiger charge is -2.32. The van der Waals surface area contributed by atoms with Gasteiger partial charge in [-0.25, -0.2) is 0 Å². The molecule has 2 aliphatic heterocycles. The van der Waals surface area contributed by atoms with Gasteiger partial charge in [0.2, 0.25) is 0 Å². The van der Waals surface area contributed by atoms with Crippen LogP contribution in [0.4, 0.5) is 5.69 Å². The summed E-state index contributed by atoms with van der Waals surface area (Å²) in [5.41, 5.74) is 4.51. The van der Waals surface area contributed by atoms with Crippen molar-refractivity contribution in [3.05, 3.63) is 65.2 Å². The van der Waals surface area contributed by atoms with Gasteiger partial charge in [0, 0.05) is 43.5 Å². The average Bonchev–Trinajstić information content (AvgIpc) is 2.70. The van der Waals surface area contributed by atoms with Crippen LogP contribution in [0.5, 0.6) is 0 Å². The van der Waals surface area contributed by atoms with Crippen LogP contribution in [-0.2, 0) is 13.0 Å². The van der Waals surface area contributed by atoms with Crippen molar-refractivity contribution in [2.75, 3.05) is 25.0 Å². The number of piperidine rings is 1. The Hall–Kier alpha value is -2.33. The number of carbonyl (C=O) groups is 1. The van der Waals surface area contributed by atoms with E-state index in [1.54, 1.807) is 0 Å². The van der Waals surface area contributed by atoms with Crippen LogP contribution in [0.3, 0.4) is 0 Å². The van der Waals surface area contributed by atoms with Crippen LogP contribution in [-0.4, -0.2) is 36.5 Å². The summed E-state index contributed by atoms with van der Waals surface area (Å²) in [4.78, 5) is 15.3. The van der Waals surface area contributed by atoms with Crippen LogP contribution in [0.2, 0.25) is 0 Å². The minimum absolute atomic E-state index is 0.0899. The Morgan fingerprint density at radius 2 is 1.88 bits per heavy atom. The third kappa shape index (κ3) is 3.91. The third-order valence-corrected chi connectivity index (χ3v) is 5.51. The van der Waals surface area contributed by atoms with E-state index in [2.05, 4.69) is 51.9 Å². The molecule has 0 aromatic heterocycles. The molecule has 2 N–H and O–H groups in total. The molecule has 136 valence electrons. The molecule has 1 amide bonds. The van der Waals surface area contributed by atoms with Gasteiger partial charge in [-0.2, -0.15) is 0 Å². The average molecular weight is 349 g/mol. The zero-order valence-corrected chi connectivity index (χ0v) is 15.2. The second-order valence-electron chi connectivity index (χ2n) is 7.37. The van der Waals surface area contributed by atoms with Gasteiger partial charge in [0.05, 0.1) is 0 Å². The van der Waals surface area contributed by atoms with E-state index in [0.717, 1.165) is 63.1 Å². The molecule has 0 spiro atoms. The van der Waals surface area contributed by atoms with Crippen LogP contribution < -0.4 is 10.6 Å². The lowest BCUT2D eigenvalue weighted by atomic mass is 9.96. The molecule has 0 bridgehead atoms. The van der Waals surface area contributed by atoms with Crippen molar-refractivity contribution in [1.29, 1.82) is 0 Å². The molecular weight excluding hydrogens is 322 g/mol. The fraction of sp³-hybridized carbons (Fsp3) is 0.409. The molecule has 1 saturated heterocycles. The maximum Gasteiger partial charge on any atom is 0.251 e. The van der Waals surface area contributed by atoms with Gasteiger partial charge < -0.3 is 10.6 Å². The molecule has 4 rings (SSSR count). The van der Waals surface area contributed by atoms with E-state index in [0.29, 0.717) is 0 Å². The summed E-state index contributed by atoms with van der Waals surface area (Å²) in [6, 6.07) is 16.9. The molecule has 4 nitrogen and oxygen atoms in total. The predicted octanol–water partition coefficient (Wildman–Crippen LogP) is 3.44. The minimum atomic E-state index is 0.0899. The van der Waals surface area contributed by atoms with E-state index in [-0.39, 0.29) is 11.9 Å². The van der Waals surface area contributed by atoms with Crippen LogP contribution in [0.25, 0.3) is 0 Å². The monoisotopic (exact) mass is 349 g/mol. The number of amides is 1. The van der Waals surface area contributed by atoms with E-state index in [1.165, 1.54) is 11.1 Å². The molecule has 2 aliphatic rings. The van der Waals surface area contributed by atoms with E-state index in [9.17, 15) is 4.79 Å². The number of rotatable bonds is 4. The SMILES string of the molecule is O=C(NC1CCN(Cc2ccccc2)CC1)c1cccc2c1CCCN2. The van der Waals surface area contributed by atoms with Crippen LogP contribution in [0.15, 0.2) is 48.5 Å². The van der Waals surface area contributed by atoms with E-state index >= 15 is 0 Å². The maximum absolute atomic E-state index is 12.8. The molecule has 26 heavy (non-hydrogen) atoms. The fourth-order valence-corrected chi connectivity index (χ4v) is 4.06. The van der Waals surface area contributed by atoms with Crippen molar-refractivity contribution in [3.8, 4) is 0 Å². The molecule has 2 aromatic rings. The fourth-order valence-electron chi connectivity index (χ4n) is 4.06. The number of carbonyl (C=O) groups excluding carboxylic acids is 1. The van der Waals surface area contributed by atoms with Gasteiger partial charge in [-0.3, -0.25) is 9.69 Å². The highest BCUT2D eigenvalue weighted by molar-refractivity contribution is 5.97. The summed E-state index contributed by atoms with van der Waals surface area (Å²) < 4.78 is 0. The second-order valence-corrected chi connectivity index (χ2v) is 7.37. The van der Waals surface area contributed by atoms with E-state index in [1.807, 2.05) is 12.1 Å². The Labute approximate surface area is 155 Å². The summed E-state index contributed by atoms with van der Waals surface area (Å²) in [7, 11) is 0. The molecule has 4 heteroatoms. The molecule has 0 saturated carbocycles. The van der Waals surface area contributed by atoms with Crippen LogP contribution >= 0.6 is 0 Å². The largest absolute Gasteiger partial charge is 0.385 e. The Morgan fingerprint density at radius 1 is 1.08 bits per heavy atom. The Balaban J connectivity index is 1.33. The molecular formula is C22H27N3O. The molecule has 0 atom stereocenters. The number of nitrogens with zero attached hydrogens (tertiary/aromatic N) is 1. The van der Waals surface area contributed by atoms with Crippen molar-refractivity contribution in [3.63, 3.8) is 0 Å². The van der Waals surface area contributed by atoms with E-state index < -0.39 is 0 Å². The van der Waals surface area contributed by atoms with Gasteiger partial charge in [0.25, 0.3) is 5.91 Å². The lowest BCUT2D eigenvalue weighted by Crippen LogP contribution is -2.44. The Morgan fingerprint density at radius 3 is 2.69 bits per heavy atom. The van der Waals surface area contributed by atoms with Crippen molar-refractivity contribution >= 4 is 11.6 Å². The number of nitrogens with one attached hydrogen (secondary N) is 2. The first-order chi connectivity index (χ1) is 12.8. The van der Waals surface area contributed by atoms with Crippen molar-refractivity contribution in [2.45, 2.75) is 38.3 Å². The topological polar surface area (TPSA) is 44.4 Å². The summed E-state index contributed by atoms with van der Waals surface area (Å²) in [5, 5.41) is 6.68. The summed E-state index contributed by atoms with van der Waals surface area (Å²) in [6.45, 7) is 4.07. The summed E-state index contributed by atoms with van der Waals surface area (Å²) in [5.74, 6) is 0.0899. The maximum atomic E-state index is 12.8. The lowest BCUT2D eigenvalue weighted by molar-refractivity contribution is 0.0908. The molecule has 0 aliphatic carbocycles. The Bertz CT molecular complexity index is 751. The van der Waals surface area contributed by atoms with Gasteiger partial charge in [-0.15, -0.1) is 0 Å². The number of hydrogen-bond acceptors (Lipinski definition) is 3. The van der Waals surface area contributed by atoms with Gasteiger partial charge in [0.1, 0.15) is 0 Å². The molecule has 2 heterocycles. The van der Waals surface area contributed by atoms with Crippen molar-refractivity contribution in [2.24, 2.45) is 0 Å². The van der Waals surface area contributed by atoms with Gasteiger partial charge in [0.15, 0.2) is 0 Å². The number of hydrogen-bond donors (Lipinski definition) is 2. The number of likely N-dealkylation sites (tertiary alicyclic amines) is 1. The highest BCUT2D eigenvalue weighted by atomic mass is 16.1. The second kappa shape index (κ2) is 7.92. The smallest absolute Gasteiger partial charge is 0.251 e. The van der Waals surface area contributed by atoms with Crippen molar-refractivity contribution < 1.29 is 4.79 Å². The standard InChI is InChI=1S/C22H27N3O/c26-22(20-8-4-10-21-19(20)9-5-13-23-21)24-18-11-14-25(15-12-18)16-17-6-2-1-3-7-17/h1-4,6-8,10,18,23H,5,9,11-16H2,(H,24,26). The summed E-state index contributed by atoms with van der Waals surface area (Å²) in [6.07, 6.45) is 4.12. The highest BCUT2D eigenvalue weighted by Crippen LogP contribution is 2.25. The molecule has 2 aromatic carbocycles. The zero-order chi connectivity index (χ0) is 17.8. The van der Waals surface area contributed by atoms with Gasteiger partial charge in [-0.05, 0) is 48.9 Å². The van der Waals surface area contributed by atoms with Gasteiger partial charge >= 0.3 is 0 Å². The first kappa shape index (κ1) is 17.1. The Kier molecular flexibility index (Phi) is 5.21. The van der Waals surface area contributed by atoms with Crippen LogP contribution in [0.1, 0.15) is 40.7 Å². The van der Waals surface area contributed by atoms with Crippen LogP contribution in [0, 0.1) is 0 Å². The quantitative estimate of drug-likeness (QED) is 0.889. The normalized spacial score (nSPS) is 18.0. The minimum Gasteiger partial charge on any atom is -0.385 e. The number of fused-ring (bicyclic) bond motifs is 1. The first-order valence-electron chi connectivity index (χ1n) is 9.72. The van der Waals surface area contributed by atoms with E-state index in [4.69, 9.17) is 0 Å². The summed E-state index contributed by atoms with van der Waals surface area (Å²) >= 11 is 0. The molecule has 0 unspecified atom stereocenters. The molecule has 0 radical (unpaired) electrons. The molecule has 1 fully saturated rings. The number of anilines is 1. The third-order valence-electron chi connectivity index (χ3n) is 5.51. The number of benzene rings is 2. The van der Waals surface area contributed by atoms with Crippen molar-refractivity contribution in [1.82, 2.24) is 10.2 Å². The first-order valence-corrected chi connectivity index (χ1v) is 9.72. The predicted molar refractivity (Wildman–Crippen MR) is 105 cm³/mol. The highest BCUT2D eigenvalue weighted by Gasteiger charge is 2.23.